The Bertz CT molecular complexity index is 336. The van der Waals surface area contributed by atoms with Crippen LogP contribution in [0.5, 0.6) is 0 Å². The van der Waals surface area contributed by atoms with Crippen molar-refractivity contribution in [3.63, 3.8) is 0 Å². The van der Waals surface area contributed by atoms with E-state index in [1.165, 1.54) is 6.92 Å². The van der Waals surface area contributed by atoms with E-state index in [9.17, 15) is 15.0 Å². The van der Waals surface area contributed by atoms with Gasteiger partial charge >= 0.3 is 0 Å². The number of Topliss-reactive ketones (excluding diaryl/α,β-unsaturated/α-hetero) is 1. The highest BCUT2D eigenvalue weighted by atomic mass is 16.5. The number of allylic oxidation sites excluding steroid dienone is 1. The number of aliphatic hydroxyl groups excluding tert-OH is 1. The highest BCUT2D eigenvalue weighted by Crippen LogP contribution is 2.07. The van der Waals surface area contributed by atoms with E-state index in [0.717, 1.165) is 12.8 Å². The standard InChI is InChI=1S/C14H26N2O3/c1-5-8-9-12(10(4)17)16-13(15-7-3)11(6-2)14(18)19/h6,12,14,18-19H,5,7-9H2,1-4H3,(H,15,16)/b11-6+. The van der Waals surface area contributed by atoms with Gasteiger partial charge in [-0.05, 0) is 27.2 Å². The Balaban J connectivity index is 4.99. The first-order valence-electron chi connectivity index (χ1n) is 6.81. The molecule has 0 aliphatic heterocycles. The Morgan fingerprint density at radius 1 is 1.37 bits per heavy atom. The number of carbonyl (C=O) groups excluding carboxylic acids is 1. The van der Waals surface area contributed by atoms with Crippen molar-refractivity contribution in [3.05, 3.63) is 11.6 Å². The highest BCUT2D eigenvalue weighted by Gasteiger charge is 2.19. The maximum Gasteiger partial charge on any atom is 0.181 e. The van der Waals surface area contributed by atoms with Gasteiger partial charge < -0.3 is 15.5 Å². The molecule has 0 aromatic heterocycles. The molecular formula is C14H26N2O3. The Morgan fingerprint density at radius 2 is 2.00 bits per heavy atom. The second kappa shape index (κ2) is 9.69. The molecule has 1 unspecified atom stereocenters. The van der Waals surface area contributed by atoms with Crippen LogP contribution in [0.3, 0.4) is 0 Å². The van der Waals surface area contributed by atoms with Gasteiger partial charge in [-0.2, -0.15) is 0 Å². The fourth-order valence-electron chi connectivity index (χ4n) is 1.74. The lowest BCUT2D eigenvalue weighted by Gasteiger charge is -2.21. The van der Waals surface area contributed by atoms with Crippen LogP contribution in [0.1, 0.15) is 47.0 Å². The Labute approximate surface area is 115 Å². The number of ketones is 1. The third kappa shape index (κ3) is 6.50. The van der Waals surface area contributed by atoms with Gasteiger partial charge in [0.15, 0.2) is 12.1 Å². The van der Waals surface area contributed by atoms with Gasteiger partial charge in [0.1, 0.15) is 5.84 Å². The molecule has 0 fully saturated rings. The van der Waals surface area contributed by atoms with Gasteiger partial charge in [-0.15, -0.1) is 0 Å². The molecule has 0 amide bonds. The smallest absolute Gasteiger partial charge is 0.181 e. The van der Waals surface area contributed by atoms with Gasteiger partial charge in [-0.25, -0.2) is 0 Å². The number of nitrogens with one attached hydrogen (secondary N) is 1. The molecule has 5 nitrogen and oxygen atoms in total. The van der Waals surface area contributed by atoms with Crippen molar-refractivity contribution in [3.8, 4) is 0 Å². The van der Waals surface area contributed by atoms with Gasteiger partial charge in [0.25, 0.3) is 0 Å². The molecule has 110 valence electrons. The number of rotatable bonds is 8. The summed E-state index contributed by atoms with van der Waals surface area (Å²) in [5.41, 5.74) is 0.296. The van der Waals surface area contributed by atoms with Gasteiger partial charge in [-0.3, -0.25) is 9.79 Å². The molecule has 19 heavy (non-hydrogen) atoms. The van der Waals surface area contributed by atoms with Crippen LogP contribution < -0.4 is 5.32 Å². The molecule has 0 saturated carbocycles. The fourth-order valence-corrected chi connectivity index (χ4v) is 1.74. The van der Waals surface area contributed by atoms with Crippen molar-refractivity contribution in [1.29, 1.82) is 0 Å². The minimum absolute atomic E-state index is 0.0279. The van der Waals surface area contributed by atoms with Crippen molar-refractivity contribution < 1.29 is 15.0 Å². The van der Waals surface area contributed by atoms with Crippen LogP contribution >= 0.6 is 0 Å². The van der Waals surface area contributed by atoms with Crippen molar-refractivity contribution in [2.45, 2.75) is 59.3 Å². The topological polar surface area (TPSA) is 81.9 Å². The minimum Gasteiger partial charge on any atom is -0.364 e. The molecule has 3 N–H and O–H groups in total. The summed E-state index contributed by atoms with van der Waals surface area (Å²) in [6.07, 6.45) is 2.64. The van der Waals surface area contributed by atoms with Crippen LogP contribution in [0.15, 0.2) is 16.6 Å². The number of hydrogen-bond acceptors (Lipinski definition) is 4. The number of carbonyl (C=O) groups is 1. The van der Waals surface area contributed by atoms with E-state index in [4.69, 9.17) is 0 Å². The van der Waals surface area contributed by atoms with Gasteiger partial charge in [-0.1, -0.05) is 25.8 Å². The highest BCUT2D eigenvalue weighted by molar-refractivity contribution is 6.01. The summed E-state index contributed by atoms with van der Waals surface area (Å²) in [6, 6.07) is -0.334. The van der Waals surface area contributed by atoms with E-state index in [0.29, 0.717) is 24.4 Å². The summed E-state index contributed by atoms with van der Waals surface area (Å²) in [6.45, 7) is 7.66. The first-order chi connectivity index (χ1) is 8.97. The van der Waals surface area contributed by atoms with Crippen LogP contribution in [0.25, 0.3) is 0 Å². The lowest BCUT2D eigenvalue weighted by molar-refractivity contribution is -0.118. The Morgan fingerprint density at radius 3 is 2.37 bits per heavy atom. The van der Waals surface area contributed by atoms with Crippen molar-refractivity contribution in [1.82, 2.24) is 5.32 Å². The molecule has 0 aliphatic rings. The van der Waals surface area contributed by atoms with Crippen LogP contribution in [0.2, 0.25) is 0 Å². The predicted octanol–water partition coefficient (Wildman–Crippen LogP) is 1.40. The van der Waals surface area contributed by atoms with E-state index in [1.54, 1.807) is 13.0 Å². The number of amidine groups is 1. The number of hydrogen-bond donors (Lipinski definition) is 3. The van der Waals surface area contributed by atoms with Gasteiger partial charge in [0, 0.05) is 12.1 Å². The quantitative estimate of drug-likeness (QED) is 0.354. The summed E-state index contributed by atoms with van der Waals surface area (Å²) in [5, 5.41) is 21.7. The maximum absolute atomic E-state index is 11.6. The second-order valence-corrected chi connectivity index (χ2v) is 4.39. The maximum atomic E-state index is 11.6. The fraction of sp³-hybridized carbons (Fsp3) is 0.714. The SMILES string of the molecule is C/C=C(\C(=NCC)NC(CCCC)C(C)=O)C(O)O. The summed E-state index contributed by atoms with van der Waals surface area (Å²) in [7, 11) is 0. The van der Waals surface area contributed by atoms with Crippen molar-refractivity contribution in [2.75, 3.05) is 6.54 Å². The summed E-state index contributed by atoms with van der Waals surface area (Å²) < 4.78 is 0. The first kappa shape index (κ1) is 17.8. The van der Waals surface area contributed by atoms with Gasteiger partial charge in [0.05, 0.1) is 6.04 Å². The summed E-state index contributed by atoms with van der Waals surface area (Å²) in [5.74, 6) is 0.413. The van der Waals surface area contributed by atoms with Crippen LogP contribution in [0, 0.1) is 0 Å². The van der Waals surface area contributed by atoms with Crippen LogP contribution in [-0.2, 0) is 4.79 Å². The van der Waals surface area contributed by atoms with E-state index in [2.05, 4.69) is 17.2 Å². The minimum atomic E-state index is -1.60. The molecule has 0 bridgehead atoms. The lowest BCUT2D eigenvalue weighted by atomic mass is 10.1. The average molecular weight is 270 g/mol. The van der Waals surface area contributed by atoms with Crippen LogP contribution in [0.4, 0.5) is 0 Å². The van der Waals surface area contributed by atoms with Crippen molar-refractivity contribution >= 4 is 11.6 Å². The first-order valence-corrected chi connectivity index (χ1v) is 6.81. The summed E-state index contributed by atoms with van der Waals surface area (Å²) >= 11 is 0. The average Bonchev–Trinajstić information content (AvgIpc) is 2.34. The number of aliphatic hydroxyl groups is 2. The molecular weight excluding hydrogens is 244 g/mol. The van der Waals surface area contributed by atoms with E-state index in [1.807, 2.05) is 6.92 Å². The Hall–Kier alpha value is -1.20. The molecule has 0 aromatic carbocycles. The second-order valence-electron chi connectivity index (χ2n) is 4.39. The lowest BCUT2D eigenvalue weighted by Crippen LogP contribution is -2.42. The zero-order valence-corrected chi connectivity index (χ0v) is 12.3. The number of nitrogens with zero attached hydrogens (tertiary/aromatic N) is 1. The normalized spacial score (nSPS) is 14.7. The molecule has 0 radical (unpaired) electrons. The van der Waals surface area contributed by atoms with E-state index in [-0.39, 0.29) is 11.8 Å². The number of aliphatic imine (C=N–C) groups is 1. The molecule has 0 aromatic rings. The molecule has 0 spiro atoms. The van der Waals surface area contributed by atoms with Gasteiger partial charge in [0.2, 0.25) is 0 Å². The zero-order valence-electron chi connectivity index (χ0n) is 12.3. The molecule has 0 saturated heterocycles. The predicted molar refractivity (Wildman–Crippen MR) is 77.1 cm³/mol. The largest absolute Gasteiger partial charge is 0.364 e. The molecule has 0 aliphatic carbocycles. The molecule has 0 rings (SSSR count). The van der Waals surface area contributed by atoms with E-state index < -0.39 is 6.29 Å². The zero-order chi connectivity index (χ0) is 14.8. The van der Waals surface area contributed by atoms with Crippen molar-refractivity contribution in [2.24, 2.45) is 4.99 Å². The third-order valence-electron chi connectivity index (χ3n) is 2.83. The van der Waals surface area contributed by atoms with E-state index >= 15 is 0 Å². The number of unbranched alkanes of at least 4 members (excludes halogenated alkanes) is 1. The monoisotopic (exact) mass is 270 g/mol. The Kier molecular flexibility index (Phi) is 9.08. The molecule has 5 heteroatoms. The van der Waals surface area contributed by atoms with Crippen LogP contribution in [-0.4, -0.2) is 40.7 Å². The summed E-state index contributed by atoms with van der Waals surface area (Å²) in [4.78, 5) is 15.8. The molecule has 1 atom stereocenters. The third-order valence-corrected chi connectivity index (χ3v) is 2.83. The molecule has 0 heterocycles.